The monoisotopic (exact) mass is 328 g/mol. The van der Waals surface area contributed by atoms with Gasteiger partial charge in [-0.3, -0.25) is 4.79 Å². The molecule has 1 aliphatic carbocycles. The molecule has 3 fully saturated rings. The largest absolute Gasteiger partial charge is 0.342 e. The van der Waals surface area contributed by atoms with E-state index in [0.29, 0.717) is 22.7 Å². The fraction of sp³-hybridized carbons (Fsp3) is 0.944. The third-order valence-corrected chi connectivity index (χ3v) is 6.49. The molecule has 0 aromatic rings. The van der Waals surface area contributed by atoms with Crippen LogP contribution in [0.15, 0.2) is 0 Å². The molecular formula is C18H33ClN2O. The second-order valence-electron chi connectivity index (χ2n) is 8.51. The van der Waals surface area contributed by atoms with Crippen LogP contribution in [0.3, 0.4) is 0 Å². The topological polar surface area (TPSA) is 32.3 Å². The summed E-state index contributed by atoms with van der Waals surface area (Å²) >= 11 is 0. The summed E-state index contributed by atoms with van der Waals surface area (Å²) in [6.45, 7) is 9.06. The Kier molecular flexibility index (Phi) is 5.82. The molecule has 1 saturated carbocycles. The summed E-state index contributed by atoms with van der Waals surface area (Å²) in [7, 11) is 0. The summed E-state index contributed by atoms with van der Waals surface area (Å²) in [5, 5.41) is 3.47. The van der Waals surface area contributed by atoms with E-state index in [4.69, 9.17) is 0 Å². The van der Waals surface area contributed by atoms with Crippen LogP contribution in [0.5, 0.6) is 0 Å². The van der Waals surface area contributed by atoms with Crippen molar-refractivity contribution in [3.8, 4) is 0 Å². The summed E-state index contributed by atoms with van der Waals surface area (Å²) in [6.07, 6.45) is 9.74. The highest BCUT2D eigenvalue weighted by Crippen LogP contribution is 2.42. The molecule has 0 unspecified atom stereocenters. The molecule has 3 aliphatic rings. The first kappa shape index (κ1) is 18.1. The van der Waals surface area contributed by atoms with Gasteiger partial charge in [-0.05, 0) is 75.3 Å². The average molecular weight is 329 g/mol. The van der Waals surface area contributed by atoms with Crippen molar-refractivity contribution in [1.82, 2.24) is 10.2 Å². The lowest BCUT2D eigenvalue weighted by atomic mass is 9.70. The van der Waals surface area contributed by atoms with Crippen molar-refractivity contribution >= 4 is 18.3 Å². The molecule has 2 saturated heterocycles. The summed E-state index contributed by atoms with van der Waals surface area (Å²) in [5.41, 5.74) is 1.01. The van der Waals surface area contributed by atoms with Crippen LogP contribution in [-0.2, 0) is 4.79 Å². The number of piperidine rings is 2. The third-order valence-electron chi connectivity index (χ3n) is 6.49. The maximum atomic E-state index is 12.7. The molecule has 0 radical (unpaired) electrons. The van der Waals surface area contributed by atoms with E-state index in [1.54, 1.807) is 0 Å². The van der Waals surface area contributed by atoms with Gasteiger partial charge in [0.1, 0.15) is 0 Å². The molecule has 3 rings (SSSR count). The normalized spacial score (nSPS) is 28.2. The van der Waals surface area contributed by atoms with Gasteiger partial charge >= 0.3 is 0 Å². The minimum absolute atomic E-state index is 0. The third kappa shape index (κ3) is 3.97. The van der Waals surface area contributed by atoms with Gasteiger partial charge in [0.25, 0.3) is 0 Å². The van der Waals surface area contributed by atoms with Crippen molar-refractivity contribution in [2.75, 3.05) is 26.2 Å². The number of halogens is 1. The molecule has 2 aliphatic heterocycles. The van der Waals surface area contributed by atoms with E-state index in [9.17, 15) is 4.79 Å². The van der Waals surface area contributed by atoms with E-state index in [2.05, 4.69) is 24.1 Å². The maximum absolute atomic E-state index is 12.7. The van der Waals surface area contributed by atoms with Gasteiger partial charge < -0.3 is 10.2 Å². The molecule has 1 amide bonds. The van der Waals surface area contributed by atoms with Crippen molar-refractivity contribution in [3.05, 3.63) is 0 Å². The van der Waals surface area contributed by atoms with Gasteiger partial charge in [0.05, 0.1) is 0 Å². The minimum atomic E-state index is 0. The lowest BCUT2D eigenvalue weighted by molar-refractivity contribution is -0.140. The van der Waals surface area contributed by atoms with Gasteiger partial charge in [-0.1, -0.05) is 13.8 Å². The van der Waals surface area contributed by atoms with Crippen molar-refractivity contribution in [1.29, 1.82) is 0 Å². The van der Waals surface area contributed by atoms with Gasteiger partial charge in [-0.2, -0.15) is 0 Å². The molecular weight excluding hydrogens is 296 g/mol. The number of nitrogens with zero attached hydrogens (tertiary/aromatic N) is 1. The lowest BCUT2D eigenvalue weighted by Gasteiger charge is -2.45. The van der Waals surface area contributed by atoms with E-state index in [1.807, 2.05) is 0 Å². The Bertz CT molecular complexity index is 371. The highest BCUT2D eigenvalue weighted by atomic mass is 35.5. The first-order valence-electron chi connectivity index (χ1n) is 8.99. The van der Waals surface area contributed by atoms with Crippen LogP contribution < -0.4 is 5.32 Å². The van der Waals surface area contributed by atoms with Crippen LogP contribution in [0.2, 0.25) is 0 Å². The number of carbonyl (C=O) groups is 1. The number of nitrogens with one attached hydrogen (secondary N) is 1. The SMILES string of the molecule is CC1(C)CCC(C(=O)N2CCC3(CCNCC3)CC2)CC1.Cl. The predicted octanol–water partition coefficient (Wildman–Crippen LogP) is 3.62. The summed E-state index contributed by atoms with van der Waals surface area (Å²) < 4.78 is 0. The van der Waals surface area contributed by atoms with E-state index in [-0.39, 0.29) is 12.4 Å². The molecule has 0 bridgehead atoms. The zero-order valence-electron chi connectivity index (χ0n) is 14.3. The van der Waals surface area contributed by atoms with Crippen LogP contribution in [-0.4, -0.2) is 37.0 Å². The Balaban J connectivity index is 0.00000176. The average Bonchev–Trinajstić information content (AvgIpc) is 2.48. The van der Waals surface area contributed by atoms with E-state index in [0.717, 1.165) is 25.9 Å². The molecule has 0 aromatic carbocycles. The van der Waals surface area contributed by atoms with Gasteiger partial charge in [-0.15, -0.1) is 12.4 Å². The van der Waals surface area contributed by atoms with Crippen LogP contribution in [0.25, 0.3) is 0 Å². The number of hydrogen-bond acceptors (Lipinski definition) is 2. The smallest absolute Gasteiger partial charge is 0.225 e. The summed E-state index contributed by atoms with van der Waals surface area (Å²) in [4.78, 5) is 14.9. The van der Waals surface area contributed by atoms with Crippen molar-refractivity contribution in [2.45, 2.75) is 65.2 Å². The molecule has 4 heteroatoms. The molecule has 2 heterocycles. The lowest BCUT2D eigenvalue weighted by Crippen LogP contribution is -2.49. The number of carbonyl (C=O) groups excluding carboxylic acids is 1. The fourth-order valence-corrected chi connectivity index (χ4v) is 4.56. The Labute approximate surface area is 142 Å². The Morgan fingerprint density at radius 2 is 1.50 bits per heavy atom. The van der Waals surface area contributed by atoms with Crippen molar-refractivity contribution < 1.29 is 4.79 Å². The number of likely N-dealkylation sites (tertiary alicyclic amines) is 1. The second-order valence-corrected chi connectivity index (χ2v) is 8.51. The van der Waals surface area contributed by atoms with Gasteiger partial charge in [0.2, 0.25) is 5.91 Å². The zero-order valence-corrected chi connectivity index (χ0v) is 15.1. The van der Waals surface area contributed by atoms with E-state index < -0.39 is 0 Å². The van der Waals surface area contributed by atoms with Crippen LogP contribution in [0, 0.1) is 16.7 Å². The minimum Gasteiger partial charge on any atom is -0.342 e. The van der Waals surface area contributed by atoms with Crippen LogP contribution in [0.4, 0.5) is 0 Å². The molecule has 22 heavy (non-hydrogen) atoms. The Morgan fingerprint density at radius 1 is 0.955 bits per heavy atom. The van der Waals surface area contributed by atoms with Crippen LogP contribution in [0.1, 0.15) is 65.2 Å². The quantitative estimate of drug-likeness (QED) is 0.797. The van der Waals surface area contributed by atoms with Crippen molar-refractivity contribution in [2.24, 2.45) is 16.7 Å². The van der Waals surface area contributed by atoms with Gasteiger partial charge in [-0.25, -0.2) is 0 Å². The Hall–Kier alpha value is -0.280. The maximum Gasteiger partial charge on any atom is 0.225 e. The molecule has 0 atom stereocenters. The number of rotatable bonds is 1. The highest BCUT2D eigenvalue weighted by molar-refractivity contribution is 5.85. The van der Waals surface area contributed by atoms with Crippen molar-refractivity contribution in [3.63, 3.8) is 0 Å². The molecule has 0 aromatic heterocycles. The number of hydrogen-bond donors (Lipinski definition) is 1. The van der Waals surface area contributed by atoms with Gasteiger partial charge in [0, 0.05) is 19.0 Å². The van der Waals surface area contributed by atoms with Crippen LogP contribution >= 0.6 is 12.4 Å². The molecule has 128 valence electrons. The second kappa shape index (κ2) is 7.09. The fourth-order valence-electron chi connectivity index (χ4n) is 4.56. The van der Waals surface area contributed by atoms with Gasteiger partial charge in [0.15, 0.2) is 0 Å². The van der Waals surface area contributed by atoms with E-state index in [1.165, 1.54) is 51.6 Å². The molecule has 1 spiro atoms. The Morgan fingerprint density at radius 3 is 2.05 bits per heavy atom. The molecule has 3 nitrogen and oxygen atoms in total. The predicted molar refractivity (Wildman–Crippen MR) is 93.3 cm³/mol. The summed E-state index contributed by atoms with van der Waals surface area (Å²) in [6, 6.07) is 0. The zero-order chi connectivity index (χ0) is 14.9. The summed E-state index contributed by atoms with van der Waals surface area (Å²) in [5.74, 6) is 0.786. The highest BCUT2D eigenvalue weighted by Gasteiger charge is 2.39. The first-order valence-corrected chi connectivity index (χ1v) is 8.99. The van der Waals surface area contributed by atoms with E-state index >= 15 is 0 Å². The number of amides is 1. The first-order chi connectivity index (χ1) is 10.00. The molecule has 1 N–H and O–H groups in total. The standard InChI is InChI=1S/C18H32N2O.ClH/c1-17(2)5-3-15(4-6-17)16(21)20-13-9-18(10-14-20)7-11-19-12-8-18;/h15,19H,3-14H2,1-2H3;1H.